The Labute approximate surface area is 118 Å². The van der Waals surface area contributed by atoms with Crippen molar-refractivity contribution in [3.8, 4) is 5.75 Å². The van der Waals surface area contributed by atoms with Crippen LogP contribution in [-0.4, -0.2) is 53.8 Å². The van der Waals surface area contributed by atoms with Gasteiger partial charge in [-0.05, 0) is 41.9 Å². The Bertz CT molecular complexity index is 409. The van der Waals surface area contributed by atoms with E-state index in [1.165, 1.54) is 12.2 Å². The third-order valence-electron chi connectivity index (χ3n) is 3.34. The van der Waals surface area contributed by atoms with Gasteiger partial charge < -0.3 is 14.8 Å². The minimum atomic E-state index is -1.43. The second-order valence-electron chi connectivity index (χ2n) is 4.68. The molecule has 2 N–H and O–H groups in total. The minimum Gasteiger partial charge on any atom is -0.497 e. The van der Waals surface area contributed by atoms with Crippen molar-refractivity contribution in [3.63, 3.8) is 0 Å². The highest BCUT2D eigenvalue weighted by molar-refractivity contribution is 7.99. The van der Waals surface area contributed by atoms with Crippen LogP contribution in [0.15, 0.2) is 18.2 Å². The van der Waals surface area contributed by atoms with Gasteiger partial charge in [-0.15, -0.1) is 0 Å². The lowest BCUT2D eigenvalue weighted by molar-refractivity contribution is 0.287. The first-order valence-electron chi connectivity index (χ1n) is 6.54. The Morgan fingerprint density at radius 3 is 2.89 bits per heavy atom. The molecule has 0 amide bonds. The Morgan fingerprint density at radius 1 is 1.32 bits per heavy atom. The summed E-state index contributed by atoms with van der Waals surface area (Å²) in [7, 11) is 0.193. The first-order chi connectivity index (χ1) is 9.20. The maximum atomic E-state index is 9.45. The number of methoxy groups -OCH3 is 1. The average molecular weight is 281 g/mol. The molecule has 0 saturated carbocycles. The zero-order valence-corrected chi connectivity index (χ0v) is 12.0. The fourth-order valence-electron chi connectivity index (χ4n) is 2.29. The van der Waals surface area contributed by atoms with E-state index >= 15 is 0 Å². The molecule has 1 aromatic carbocycles. The van der Waals surface area contributed by atoms with Crippen LogP contribution in [0.4, 0.5) is 0 Å². The summed E-state index contributed by atoms with van der Waals surface area (Å²) < 4.78 is 5.22. The van der Waals surface area contributed by atoms with E-state index in [0.29, 0.717) is 5.46 Å². The van der Waals surface area contributed by atoms with Gasteiger partial charge in [0, 0.05) is 18.8 Å². The van der Waals surface area contributed by atoms with E-state index in [2.05, 4.69) is 4.90 Å². The highest BCUT2D eigenvalue weighted by Gasteiger charge is 2.19. The molecule has 1 fully saturated rings. The molecular weight excluding hydrogens is 261 g/mol. The van der Waals surface area contributed by atoms with Crippen molar-refractivity contribution in [3.05, 3.63) is 23.8 Å². The third-order valence-corrected chi connectivity index (χ3v) is 4.39. The first-order valence-corrected chi connectivity index (χ1v) is 7.69. The number of benzene rings is 1. The summed E-state index contributed by atoms with van der Waals surface area (Å²) in [5.41, 5.74) is 1.50. The fraction of sp³-hybridized carbons (Fsp3) is 0.538. The van der Waals surface area contributed by atoms with Crippen molar-refractivity contribution in [2.75, 3.05) is 31.7 Å². The van der Waals surface area contributed by atoms with E-state index in [1.54, 1.807) is 19.2 Å². The lowest BCUT2D eigenvalue weighted by Crippen LogP contribution is -2.36. The quantitative estimate of drug-likeness (QED) is 0.778. The lowest BCUT2D eigenvalue weighted by atomic mass is 9.77. The summed E-state index contributed by atoms with van der Waals surface area (Å²) in [6, 6.07) is 5.38. The minimum absolute atomic E-state index is 0.567. The molecule has 19 heavy (non-hydrogen) atoms. The maximum absolute atomic E-state index is 9.45. The van der Waals surface area contributed by atoms with Gasteiger partial charge in [-0.25, -0.2) is 0 Å². The van der Waals surface area contributed by atoms with Crippen molar-refractivity contribution in [1.29, 1.82) is 0 Å². The summed E-state index contributed by atoms with van der Waals surface area (Å²) in [5.74, 6) is 3.11. The molecule has 1 saturated heterocycles. The number of thioether (sulfide) groups is 1. The standard InChI is InChI=1S/C13H20BNO3S/c1-18-12-3-4-13(14(16)17)11(9-12)10-15-5-2-7-19-8-6-15/h3-4,9,16-17H,2,5-8,10H2,1H3. The largest absolute Gasteiger partial charge is 0.497 e. The van der Waals surface area contributed by atoms with Gasteiger partial charge in [0.1, 0.15) is 5.75 Å². The van der Waals surface area contributed by atoms with Crippen molar-refractivity contribution in [1.82, 2.24) is 4.90 Å². The molecule has 0 bridgehead atoms. The van der Waals surface area contributed by atoms with Gasteiger partial charge in [-0.1, -0.05) is 6.07 Å². The molecule has 1 heterocycles. The van der Waals surface area contributed by atoms with Gasteiger partial charge in [-0.2, -0.15) is 11.8 Å². The molecule has 4 nitrogen and oxygen atoms in total. The van der Waals surface area contributed by atoms with Crippen LogP contribution in [0.1, 0.15) is 12.0 Å². The molecule has 0 spiro atoms. The van der Waals surface area contributed by atoms with Gasteiger partial charge in [0.25, 0.3) is 0 Å². The maximum Gasteiger partial charge on any atom is 0.488 e. The predicted molar refractivity (Wildman–Crippen MR) is 80.0 cm³/mol. The van der Waals surface area contributed by atoms with Crippen LogP contribution < -0.4 is 10.2 Å². The molecule has 2 rings (SSSR count). The van der Waals surface area contributed by atoms with E-state index in [4.69, 9.17) is 4.74 Å². The number of rotatable bonds is 4. The SMILES string of the molecule is COc1ccc(B(O)O)c(CN2CCCSCC2)c1. The van der Waals surface area contributed by atoms with E-state index in [0.717, 1.165) is 36.7 Å². The van der Waals surface area contributed by atoms with E-state index < -0.39 is 7.12 Å². The van der Waals surface area contributed by atoms with Crippen LogP contribution in [0, 0.1) is 0 Å². The second kappa shape index (κ2) is 7.19. The predicted octanol–water partition coefficient (Wildman–Crippen LogP) is 0.314. The van der Waals surface area contributed by atoms with Crippen LogP contribution in [0.5, 0.6) is 5.75 Å². The molecular formula is C13H20BNO3S. The highest BCUT2D eigenvalue weighted by Crippen LogP contribution is 2.16. The molecule has 0 atom stereocenters. The summed E-state index contributed by atoms with van der Waals surface area (Å²) in [6.07, 6.45) is 1.19. The van der Waals surface area contributed by atoms with Gasteiger partial charge in [0.15, 0.2) is 0 Å². The molecule has 1 aliphatic heterocycles. The smallest absolute Gasteiger partial charge is 0.488 e. The number of hydrogen-bond donors (Lipinski definition) is 2. The normalized spacial score (nSPS) is 17.0. The second-order valence-corrected chi connectivity index (χ2v) is 5.91. The van der Waals surface area contributed by atoms with Crippen molar-refractivity contribution < 1.29 is 14.8 Å². The van der Waals surface area contributed by atoms with Gasteiger partial charge in [0.2, 0.25) is 0 Å². The Hall–Kier alpha value is -0.685. The van der Waals surface area contributed by atoms with Crippen LogP contribution >= 0.6 is 11.8 Å². The molecule has 1 aliphatic rings. The molecule has 0 aromatic heterocycles. The lowest BCUT2D eigenvalue weighted by Gasteiger charge is -2.21. The summed E-state index contributed by atoms with van der Waals surface area (Å²) >= 11 is 1.98. The van der Waals surface area contributed by atoms with E-state index in [-0.39, 0.29) is 0 Å². The zero-order valence-electron chi connectivity index (χ0n) is 11.2. The van der Waals surface area contributed by atoms with Crippen LogP contribution in [-0.2, 0) is 6.54 Å². The van der Waals surface area contributed by atoms with Gasteiger partial charge in [-0.3, -0.25) is 4.90 Å². The van der Waals surface area contributed by atoms with Crippen LogP contribution in [0.2, 0.25) is 0 Å². The zero-order chi connectivity index (χ0) is 13.7. The topological polar surface area (TPSA) is 52.9 Å². The molecule has 1 aromatic rings. The van der Waals surface area contributed by atoms with E-state index in [9.17, 15) is 10.0 Å². The number of ether oxygens (including phenoxy) is 1. The monoisotopic (exact) mass is 281 g/mol. The van der Waals surface area contributed by atoms with Gasteiger partial charge in [0.05, 0.1) is 7.11 Å². The number of hydrogen-bond acceptors (Lipinski definition) is 5. The summed E-state index contributed by atoms with van der Waals surface area (Å²) in [4.78, 5) is 2.36. The first kappa shape index (κ1) is 14.7. The average Bonchev–Trinajstić information content (AvgIpc) is 2.67. The Balaban J connectivity index is 2.16. The molecule has 104 valence electrons. The van der Waals surface area contributed by atoms with Crippen LogP contribution in [0.3, 0.4) is 0 Å². The van der Waals surface area contributed by atoms with Crippen LogP contribution in [0.25, 0.3) is 0 Å². The third kappa shape index (κ3) is 4.14. The molecule has 6 heteroatoms. The highest BCUT2D eigenvalue weighted by atomic mass is 32.2. The van der Waals surface area contributed by atoms with Crippen molar-refractivity contribution in [2.24, 2.45) is 0 Å². The van der Waals surface area contributed by atoms with E-state index in [1.807, 2.05) is 17.8 Å². The Morgan fingerprint density at radius 2 is 2.16 bits per heavy atom. The Kier molecular flexibility index (Phi) is 5.57. The van der Waals surface area contributed by atoms with Crippen molar-refractivity contribution >= 4 is 24.3 Å². The summed E-state index contributed by atoms with van der Waals surface area (Å²) in [5, 5.41) is 18.9. The van der Waals surface area contributed by atoms with Crippen molar-refractivity contribution in [2.45, 2.75) is 13.0 Å². The summed E-state index contributed by atoms with van der Waals surface area (Å²) in [6.45, 7) is 2.85. The molecule has 0 unspecified atom stereocenters. The molecule has 0 radical (unpaired) electrons. The fourth-order valence-corrected chi connectivity index (χ4v) is 3.22. The van der Waals surface area contributed by atoms with Gasteiger partial charge >= 0.3 is 7.12 Å². The molecule has 0 aliphatic carbocycles. The number of nitrogens with zero attached hydrogens (tertiary/aromatic N) is 1.